The summed E-state index contributed by atoms with van der Waals surface area (Å²) >= 11 is 0. The van der Waals surface area contributed by atoms with Gasteiger partial charge in [0.15, 0.2) is 0 Å². The fourth-order valence-electron chi connectivity index (χ4n) is 8.21. The van der Waals surface area contributed by atoms with Crippen molar-refractivity contribution in [2.75, 3.05) is 85.2 Å². The Bertz CT molecular complexity index is 1600. The maximum atomic E-state index is 13.9. The smallest absolute Gasteiger partial charge is 0.426 e. The van der Waals surface area contributed by atoms with Crippen molar-refractivity contribution in [3.8, 4) is 0 Å². The largest absolute Gasteiger partial charge is 0.619 e. The number of nitrogens with two attached hydrogens (primary N) is 1. The van der Waals surface area contributed by atoms with Crippen molar-refractivity contribution >= 4 is 54.6 Å². The van der Waals surface area contributed by atoms with Crippen LogP contribution in [0.25, 0.3) is 0 Å². The van der Waals surface area contributed by atoms with Gasteiger partial charge in [-0.1, -0.05) is 0 Å². The maximum Gasteiger partial charge on any atom is 0.619 e. The van der Waals surface area contributed by atoms with Crippen LogP contribution in [0, 0.1) is 11.8 Å². The van der Waals surface area contributed by atoms with Crippen LogP contribution in [0.4, 0.5) is 0 Å². The maximum absolute atomic E-state index is 13.9. The van der Waals surface area contributed by atoms with Gasteiger partial charge in [-0.05, 0) is 57.8 Å². The van der Waals surface area contributed by atoms with E-state index < -0.39 is 74.2 Å². The Balaban J connectivity index is 1.08. The number of ether oxygens (including phenoxy) is 4. The Hall–Kier alpha value is -4.46. The summed E-state index contributed by atoms with van der Waals surface area (Å²) in [5, 5.41) is 30.4. The Morgan fingerprint density at radius 1 is 0.852 bits per heavy atom. The summed E-state index contributed by atoms with van der Waals surface area (Å²) in [4.78, 5) is 111. The molecule has 24 heteroatoms. The van der Waals surface area contributed by atoms with Gasteiger partial charge in [0.25, 0.3) is 0 Å². The molecule has 8 N–H and O–H groups in total. The van der Waals surface area contributed by atoms with Crippen molar-refractivity contribution in [1.82, 2.24) is 40.9 Å². The van der Waals surface area contributed by atoms with E-state index in [2.05, 4.69) is 21.3 Å². The van der Waals surface area contributed by atoms with Gasteiger partial charge in [0, 0.05) is 84.3 Å². The molecule has 5 aliphatic rings. The lowest BCUT2D eigenvalue weighted by molar-refractivity contribution is -0.432. The minimum Gasteiger partial charge on any atom is -0.426 e. The summed E-state index contributed by atoms with van der Waals surface area (Å²) in [5.74, 6) is -6.26. The lowest BCUT2D eigenvalue weighted by Crippen LogP contribution is -2.53. The molecule has 1 saturated carbocycles. The third kappa shape index (κ3) is 14.0. The van der Waals surface area contributed by atoms with Gasteiger partial charge >= 0.3 is 37.2 Å². The first-order valence-electron chi connectivity index (χ1n) is 21.1. The molecule has 0 aromatic heterocycles. The van der Waals surface area contributed by atoms with Crippen LogP contribution in [0.3, 0.4) is 0 Å². The van der Waals surface area contributed by atoms with Crippen molar-refractivity contribution in [3.63, 3.8) is 0 Å². The van der Waals surface area contributed by atoms with E-state index in [4.69, 9.17) is 24.7 Å². The molecule has 3 unspecified atom stereocenters. The summed E-state index contributed by atoms with van der Waals surface area (Å²) < 4.78 is 21.3. The third-order valence-corrected chi connectivity index (χ3v) is 11.7. The number of likely N-dealkylation sites (tertiary alicyclic amines) is 1. The van der Waals surface area contributed by atoms with Crippen molar-refractivity contribution in [2.45, 2.75) is 88.9 Å². The van der Waals surface area contributed by atoms with E-state index in [1.165, 1.54) is 9.80 Å². The predicted molar refractivity (Wildman–Crippen MR) is 210 cm³/mol. The number of carbonyl (C=O) groups excluding carboxylic acids is 8. The van der Waals surface area contributed by atoms with Gasteiger partial charge in [-0.3, -0.25) is 53.1 Å². The molecule has 4 amide bonds. The first-order chi connectivity index (χ1) is 29.1. The van der Waals surface area contributed by atoms with Crippen molar-refractivity contribution < 1.29 is 67.4 Å². The van der Waals surface area contributed by atoms with Gasteiger partial charge in [-0.25, -0.2) is 0 Å². The number of hydrogen-bond donors (Lipinski definition) is 7. The molecule has 4 aliphatic heterocycles. The third-order valence-electron chi connectivity index (χ3n) is 11.7. The number of rotatable bonds is 13. The molecule has 61 heavy (non-hydrogen) atoms. The summed E-state index contributed by atoms with van der Waals surface area (Å²) in [5.41, 5.74) is 5.82. The van der Waals surface area contributed by atoms with E-state index in [1.54, 1.807) is 16.7 Å². The first-order valence-corrected chi connectivity index (χ1v) is 21.1. The molecule has 5 rings (SSSR count). The average Bonchev–Trinajstić information content (AvgIpc) is 3.70. The van der Waals surface area contributed by atoms with E-state index in [-0.39, 0.29) is 101 Å². The zero-order chi connectivity index (χ0) is 44.1. The highest BCUT2D eigenvalue weighted by Crippen LogP contribution is 2.29. The quantitative estimate of drug-likeness (QED) is 0.0676. The first kappa shape index (κ1) is 47.6. The molecule has 0 aromatic rings. The zero-order valence-electron chi connectivity index (χ0n) is 34.7. The number of nitrogens with zero attached hydrogens (tertiary/aromatic N) is 4. The second-order valence-electron chi connectivity index (χ2n) is 16.1. The van der Waals surface area contributed by atoms with Crippen molar-refractivity contribution in [2.24, 2.45) is 17.6 Å². The van der Waals surface area contributed by atoms with Gasteiger partial charge in [-0.2, -0.15) is 0 Å². The van der Waals surface area contributed by atoms with Gasteiger partial charge in [0.1, 0.15) is 12.1 Å². The molecule has 4 heterocycles. The summed E-state index contributed by atoms with van der Waals surface area (Å²) in [6, 6.07) is -1.93. The monoisotopic (exact) mass is 865 g/mol. The average molecular weight is 866 g/mol. The molecular formula is C37H60BN9O14. The van der Waals surface area contributed by atoms with Crippen LogP contribution in [-0.4, -0.2) is 194 Å². The van der Waals surface area contributed by atoms with Crippen LogP contribution in [0.15, 0.2) is 0 Å². The van der Waals surface area contributed by atoms with Crippen LogP contribution >= 0.6 is 0 Å². The summed E-state index contributed by atoms with van der Waals surface area (Å²) in [6.07, 6.45) is 0.251. The van der Waals surface area contributed by atoms with Crippen molar-refractivity contribution in [1.29, 1.82) is 0 Å². The Morgan fingerprint density at radius 3 is 2.26 bits per heavy atom. The highest BCUT2D eigenvalue weighted by atomic mass is 17.0. The second-order valence-corrected chi connectivity index (χ2v) is 16.1. The molecule has 0 aromatic carbocycles. The molecule has 0 radical (unpaired) electrons. The fourth-order valence-corrected chi connectivity index (χ4v) is 8.21. The van der Waals surface area contributed by atoms with E-state index in [9.17, 15) is 48.4 Å². The van der Waals surface area contributed by atoms with E-state index in [0.717, 1.165) is 0 Å². The molecule has 6 atom stereocenters. The number of carbonyl (C=O) groups is 8. The predicted octanol–water partition coefficient (Wildman–Crippen LogP) is -4.69. The SMILES string of the molecule is C[C@@H](NC(=O)C1CCC(CNC(=O)CCNC(=O)CC[C@@H]2C(=O)OC34OC(=O)CNCCN2CCN(CCN(CN)CC(=O)O3)CC(=O)O4)CC1)C(=O)N1CCC[C@H]1B(O)O. The number of hydrogen-bond acceptors (Lipinski definition) is 19. The molecule has 1 aliphatic carbocycles. The molecular weight excluding hydrogens is 805 g/mol. The lowest BCUT2D eigenvalue weighted by atomic mass is 9.77. The van der Waals surface area contributed by atoms with Crippen LogP contribution in [-0.2, 0) is 57.3 Å². The van der Waals surface area contributed by atoms with Crippen LogP contribution < -0.4 is 27.0 Å². The Kier molecular flexibility index (Phi) is 17.6. The molecule has 1 spiro atoms. The molecule has 5 fully saturated rings. The minimum absolute atomic E-state index is 0.00804. The minimum atomic E-state index is -3.17. The number of fused-ring (bicyclic) bond motifs is 6. The van der Waals surface area contributed by atoms with Gasteiger partial charge in [0.2, 0.25) is 23.6 Å². The standard InChI is InChI=1S/C37H60BN9O14/c1-24(35(54)47-13-2-3-28(47)38(56)57)43-34(53)26-6-4-25(5-7-26)19-42-30(49)10-11-41-29(48)9-8-27-36(55)61-37-58-31(50)20-40-12-14-46(27)18-17-44(21-32(51)59-37)15-16-45(23-39)22-33(52)60-37/h24-28,40,56-57H,2-23,39H2,1H3,(H,41,48)(H,42,49)(H,43,53)/t24-,25?,26?,27-,28+,37?/m1/s1. The fraction of sp³-hybridized carbons (Fsp3) is 0.784. The van der Waals surface area contributed by atoms with E-state index >= 15 is 0 Å². The summed E-state index contributed by atoms with van der Waals surface area (Å²) in [7, 11) is -1.63. The molecule has 23 nitrogen and oxygen atoms in total. The van der Waals surface area contributed by atoms with Gasteiger partial charge < -0.3 is 60.9 Å². The van der Waals surface area contributed by atoms with Crippen LogP contribution in [0.2, 0.25) is 0 Å². The van der Waals surface area contributed by atoms with Crippen molar-refractivity contribution in [3.05, 3.63) is 0 Å². The van der Waals surface area contributed by atoms with Gasteiger partial charge in [-0.15, -0.1) is 0 Å². The van der Waals surface area contributed by atoms with E-state index in [0.29, 0.717) is 58.2 Å². The Morgan fingerprint density at radius 2 is 1.54 bits per heavy atom. The lowest BCUT2D eigenvalue weighted by Gasteiger charge is -2.33. The topological polar surface area (TPSA) is 301 Å². The van der Waals surface area contributed by atoms with E-state index in [1.807, 2.05) is 0 Å². The number of nitrogens with one attached hydrogen (secondary N) is 4. The van der Waals surface area contributed by atoms with Gasteiger partial charge in [0.05, 0.1) is 25.6 Å². The summed E-state index contributed by atoms with van der Waals surface area (Å²) in [6.45, 7) is 2.82. The van der Waals surface area contributed by atoms with Crippen LogP contribution in [0.5, 0.6) is 0 Å². The normalized spacial score (nSPS) is 29.7. The second kappa shape index (κ2) is 22.6. The number of esters is 4. The zero-order valence-corrected chi connectivity index (χ0v) is 34.7. The highest BCUT2D eigenvalue weighted by molar-refractivity contribution is 6.43. The number of amides is 4. The molecule has 340 valence electrons. The van der Waals surface area contributed by atoms with Crippen LogP contribution in [0.1, 0.15) is 64.7 Å². The molecule has 4 saturated heterocycles. The highest BCUT2D eigenvalue weighted by Gasteiger charge is 2.52. The Labute approximate surface area is 354 Å². The molecule has 3 bridgehead atoms.